The number of carbonyl (C=O) groups excluding carboxylic acids is 2. The largest absolute Gasteiger partial charge is 0.493 e. The van der Waals surface area contributed by atoms with Crippen molar-refractivity contribution in [3.8, 4) is 28.8 Å². The Bertz CT molecular complexity index is 1270. The molecule has 2 heterocycles. The maximum absolute atomic E-state index is 12.9. The van der Waals surface area contributed by atoms with E-state index in [4.69, 9.17) is 14.2 Å². The van der Waals surface area contributed by atoms with Crippen molar-refractivity contribution in [2.24, 2.45) is 0 Å². The fourth-order valence-electron chi connectivity index (χ4n) is 3.27. The minimum atomic E-state index is -0.642. The lowest BCUT2D eigenvalue weighted by atomic mass is 10.1. The SMILES string of the molecule is CCCc1cc(C(=O)OC)c(NC(=O)/C(C#N)=C/c2cn[nH]c2-c2ccc(OC)c(OC)c2)s1. The lowest BCUT2D eigenvalue weighted by molar-refractivity contribution is -0.112. The molecule has 2 N–H and O–H groups in total. The Morgan fingerprint density at radius 1 is 1.21 bits per heavy atom. The van der Waals surface area contributed by atoms with Crippen molar-refractivity contribution in [3.05, 3.63) is 52.0 Å². The molecule has 0 fully saturated rings. The van der Waals surface area contributed by atoms with Crippen LogP contribution in [0.2, 0.25) is 0 Å². The van der Waals surface area contributed by atoms with E-state index in [0.717, 1.165) is 23.3 Å². The second kappa shape index (κ2) is 11.2. The first kappa shape index (κ1) is 24.5. The molecule has 1 amide bonds. The number of thiophene rings is 1. The minimum Gasteiger partial charge on any atom is -0.493 e. The number of hydrogen-bond donors (Lipinski definition) is 2. The molecule has 10 heteroatoms. The first-order valence-electron chi connectivity index (χ1n) is 10.4. The van der Waals surface area contributed by atoms with Gasteiger partial charge in [0.05, 0.1) is 38.8 Å². The van der Waals surface area contributed by atoms with E-state index in [0.29, 0.717) is 27.8 Å². The molecule has 0 aliphatic rings. The van der Waals surface area contributed by atoms with Gasteiger partial charge in [0.15, 0.2) is 11.5 Å². The lowest BCUT2D eigenvalue weighted by Gasteiger charge is -2.09. The summed E-state index contributed by atoms with van der Waals surface area (Å²) in [5, 5.41) is 19.6. The molecule has 0 radical (unpaired) electrons. The molecule has 34 heavy (non-hydrogen) atoms. The monoisotopic (exact) mass is 480 g/mol. The number of hydrogen-bond acceptors (Lipinski definition) is 8. The van der Waals surface area contributed by atoms with Crippen LogP contribution in [0.4, 0.5) is 5.00 Å². The van der Waals surface area contributed by atoms with Crippen LogP contribution in [0.1, 0.15) is 34.1 Å². The molecule has 0 saturated heterocycles. The predicted octanol–water partition coefficient (Wildman–Crippen LogP) is 4.44. The van der Waals surface area contributed by atoms with Crippen molar-refractivity contribution in [3.63, 3.8) is 0 Å². The number of aromatic nitrogens is 2. The summed E-state index contributed by atoms with van der Waals surface area (Å²) >= 11 is 1.29. The van der Waals surface area contributed by atoms with Gasteiger partial charge < -0.3 is 19.5 Å². The van der Waals surface area contributed by atoms with Crippen molar-refractivity contribution in [1.82, 2.24) is 10.2 Å². The minimum absolute atomic E-state index is 0.149. The highest BCUT2D eigenvalue weighted by atomic mass is 32.1. The van der Waals surface area contributed by atoms with Crippen LogP contribution in [-0.2, 0) is 16.0 Å². The Morgan fingerprint density at radius 2 is 1.97 bits per heavy atom. The molecule has 176 valence electrons. The van der Waals surface area contributed by atoms with Gasteiger partial charge >= 0.3 is 5.97 Å². The number of benzene rings is 1. The number of nitriles is 1. The normalized spacial score (nSPS) is 11.0. The van der Waals surface area contributed by atoms with Crippen molar-refractivity contribution >= 4 is 34.3 Å². The number of ether oxygens (including phenoxy) is 3. The van der Waals surface area contributed by atoms with E-state index in [2.05, 4.69) is 15.5 Å². The second-order valence-electron chi connectivity index (χ2n) is 7.09. The zero-order chi connectivity index (χ0) is 24.7. The first-order valence-corrected chi connectivity index (χ1v) is 11.2. The fraction of sp³-hybridized carbons (Fsp3) is 0.250. The average Bonchev–Trinajstić information content (AvgIpc) is 3.48. The van der Waals surface area contributed by atoms with Gasteiger partial charge in [-0.1, -0.05) is 13.3 Å². The molecule has 0 spiro atoms. The molecular weight excluding hydrogens is 456 g/mol. The average molecular weight is 481 g/mol. The summed E-state index contributed by atoms with van der Waals surface area (Å²) in [5.74, 6) is -0.0996. The Kier molecular flexibility index (Phi) is 8.05. The van der Waals surface area contributed by atoms with E-state index in [-0.39, 0.29) is 11.1 Å². The molecule has 3 rings (SSSR count). The number of nitrogens with one attached hydrogen (secondary N) is 2. The number of aromatic amines is 1. The maximum atomic E-state index is 12.9. The van der Waals surface area contributed by atoms with Gasteiger partial charge in [-0.3, -0.25) is 9.89 Å². The zero-order valence-corrected chi connectivity index (χ0v) is 20.0. The van der Waals surface area contributed by atoms with Crippen LogP contribution in [0.15, 0.2) is 36.0 Å². The Morgan fingerprint density at radius 3 is 2.62 bits per heavy atom. The molecule has 0 atom stereocenters. The smallest absolute Gasteiger partial charge is 0.340 e. The van der Waals surface area contributed by atoms with Crippen molar-refractivity contribution in [1.29, 1.82) is 5.26 Å². The third kappa shape index (κ3) is 5.27. The topological polar surface area (TPSA) is 126 Å². The molecule has 0 aliphatic carbocycles. The van der Waals surface area contributed by atoms with Crippen LogP contribution in [0.5, 0.6) is 11.5 Å². The number of esters is 1. The van der Waals surface area contributed by atoms with Gasteiger partial charge in [0.2, 0.25) is 0 Å². The van der Waals surface area contributed by atoms with Crippen molar-refractivity contribution in [2.75, 3.05) is 26.6 Å². The maximum Gasteiger partial charge on any atom is 0.340 e. The predicted molar refractivity (Wildman–Crippen MR) is 129 cm³/mol. The van der Waals surface area contributed by atoms with E-state index in [1.165, 1.54) is 37.8 Å². The van der Waals surface area contributed by atoms with Crippen LogP contribution in [0.25, 0.3) is 17.3 Å². The number of methoxy groups -OCH3 is 3. The molecule has 2 aromatic heterocycles. The van der Waals surface area contributed by atoms with Crippen LogP contribution < -0.4 is 14.8 Å². The van der Waals surface area contributed by atoms with E-state index in [1.54, 1.807) is 25.3 Å². The number of amides is 1. The van der Waals surface area contributed by atoms with E-state index < -0.39 is 11.9 Å². The summed E-state index contributed by atoms with van der Waals surface area (Å²) in [6.07, 6.45) is 4.59. The van der Waals surface area contributed by atoms with E-state index in [9.17, 15) is 14.9 Å². The lowest BCUT2D eigenvalue weighted by Crippen LogP contribution is -2.15. The Hall–Kier alpha value is -4.10. The molecule has 0 unspecified atom stereocenters. The second-order valence-corrected chi connectivity index (χ2v) is 8.23. The third-order valence-corrected chi connectivity index (χ3v) is 6.03. The van der Waals surface area contributed by atoms with Gasteiger partial charge in [0.25, 0.3) is 5.91 Å². The summed E-state index contributed by atoms with van der Waals surface area (Å²) in [7, 11) is 4.36. The third-order valence-electron chi connectivity index (χ3n) is 4.92. The van der Waals surface area contributed by atoms with Gasteiger partial charge in [-0.15, -0.1) is 11.3 Å². The number of nitrogens with zero attached hydrogens (tertiary/aromatic N) is 2. The number of carbonyl (C=O) groups is 2. The van der Waals surface area contributed by atoms with Gasteiger partial charge in [-0.05, 0) is 36.8 Å². The van der Waals surface area contributed by atoms with Gasteiger partial charge in [-0.2, -0.15) is 10.4 Å². The van der Waals surface area contributed by atoms with Gasteiger partial charge in [0, 0.05) is 16.0 Å². The Labute approximate surface area is 201 Å². The number of anilines is 1. The number of aryl methyl sites for hydroxylation is 1. The first-order chi connectivity index (χ1) is 16.4. The Balaban J connectivity index is 1.92. The fourth-order valence-corrected chi connectivity index (χ4v) is 4.41. The molecule has 1 aromatic carbocycles. The molecule has 9 nitrogen and oxygen atoms in total. The molecule has 0 bridgehead atoms. The summed E-state index contributed by atoms with van der Waals surface area (Å²) < 4.78 is 15.4. The number of rotatable bonds is 9. The van der Waals surface area contributed by atoms with Crippen LogP contribution in [0.3, 0.4) is 0 Å². The van der Waals surface area contributed by atoms with E-state index >= 15 is 0 Å². The summed E-state index contributed by atoms with van der Waals surface area (Å²) in [4.78, 5) is 26.0. The van der Waals surface area contributed by atoms with Crippen LogP contribution in [-0.4, -0.2) is 43.4 Å². The molecule has 0 saturated carbocycles. The van der Waals surface area contributed by atoms with Crippen LogP contribution >= 0.6 is 11.3 Å². The van der Waals surface area contributed by atoms with Crippen molar-refractivity contribution in [2.45, 2.75) is 19.8 Å². The van der Waals surface area contributed by atoms with Gasteiger partial charge in [0.1, 0.15) is 16.6 Å². The standard InChI is InChI=1S/C24H24N4O5S/c1-5-6-17-11-18(24(30)33-4)23(34-17)27-22(29)15(12-25)9-16-13-26-28-21(16)14-7-8-19(31-2)20(10-14)32-3/h7-11,13H,5-6H2,1-4H3,(H,26,28)(H,27,29)/b15-9+. The summed E-state index contributed by atoms with van der Waals surface area (Å²) in [6.45, 7) is 2.02. The van der Waals surface area contributed by atoms with Crippen molar-refractivity contribution < 1.29 is 23.8 Å². The summed E-state index contributed by atoms with van der Waals surface area (Å²) in [5.41, 5.74) is 1.97. The highest BCUT2D eigenvalue weighted by Crippen LogP contribution is 2.34. The quantitative estimate of drug-likeness (QED) is 0.263. The molecule has 3 aromatic rings. The highest BCUT2D eigenvalue weighted by molar-refractivity contribution is 7.16. The zero-order valence-electron chi connectivity index (χ0n) is 19.2. The number of H-pyrrole nitrogens is 1. The van der Waals surface area contributed by atoms with E-state index in [1.807, 2.05) is 19.1 Å². The molecular formula is C24H24N4O5S. The summed E-state index contributed by atoms with van der Waals surface area (Å²) in [6, 6.07) is 8.95. The van der Waals surface area contributed by atoms with Crippen LogP contribution in [0, 0.1) is 11.3 Å². The van der Waals surface area contributed by atoms with Gasteiger partial charge in [-0.25, -0.2) is 4.79 Å². The molecule has 0 aliphatic heterocycles. The highest BCUT2D eigenvalue weighted by Gasteiger charge is 2.21.